The fraction of sp³-hybridized carbons (Fsp3) is 0.263. The zero-order valence-corrected chi connectivity index (χ0v) is 16.8. The molecule has 0 fully saturated rings. The minimum absolute atomic E-state index is 0.214. The number of sulfonamides is 1. The highest BCUT2D eigenvalue weighted by Gasteiger charge is 2.31. The lowest BCUT2D eigenvalue weighted by molar-refractivity contribution is -0.119. The van der Waals surface area contributed by atoms with Crippen molar-refractivity contribution in [3.05, 3.63) is 59.7 Å². The van der Waals surface area contributed by atoms with E-state index in [1.165, 1.54) is 39.5 Å². The highest BCUT2D eigenvalue weighted by atomic mass is 32.2. The Morgan fingerprint density at radius 1 is 1.07 bits per heavy atom. The summed E-state index contributed by atoms with van der Waals surface area (Å²) >= 11 is 0. The molecule has 1 N–H and O–H groups in total. The fourth-order valence-electron chi connectivity index (χ4n) is 2.60. The first-order valence-electron chi connectivity index (χ1n) is 8.24. The van der Waals surface area contributed by atoms with Crippen molar-refractivity contribution in [2.45, 2.75) is 6.04 Å². The molecule has 28 heavy (non-hydrogen) atoms. The molecule has 150 valence electrons. The number of amides is 1. The van der Waals surface area contributed by atoms with Crippen molar-refractivity contribution >= 4 is 27.6 Å². The molecule has 9 heteroatoms. The van der Waals surface area contributed by atoms with Crippen molar-refractivity contribution in [3.63, 3.8) is 0 Å². The Kier molecular flexibility index (Phi) is 6.76. The van der Waals surface area contributed by atoms with Crippen molar-refractivity contribution in [2.24, 2.45) is 0 Å². The highest BCUT2D eigenvalue weighted by Crippen LogP contribution is 2.29. The lowest BCUT2D eigenvalue weighted by Gasteiger charge is -2.26. The number of carbonyl (C=O) groups is 2. The average molecular weight is 406 g/mol. The molecule has 0 aliphatic rings. The maximum Gasteiger partial charge on any atom is 0.337 e. The predicted molar refractivity (Wildman–Crippen MR) is 105 cm³/mol. The molecule has 1 unspecified atom stereocenters. The Morgan fingerprint density at radius 2 is 1.71 bits per heavy atom. The van der Waals surface area contributed by atoms with Crippen LogP contribution >= 0.6 is 0 Å². The molecule has 8 nitrogen and oxygen atoms in total. The van der Waals surface area contributed by atoms with Gasteiger partial charge in [-0.05, 0) is 23.8 Å². The number of ether oxygens (including phenoxy) is 2. The van der Waals surface area contributed by atoms with Crippen LogP contribution in [-0.4, -0.2) is 52.1 Å². The molecule has 0 saturated carbocycles. The van der Waals surface area contributed by atoms with Gasteiger partial charge in [0.25, 0.3) is 0 Å². The topological polar surface area (TPSA) is 102 Å². The van der Waals surface area contributed by atoms with Gasteiger partial charge in [-0.3, -0.25) is 4.79 Å². The van der Waals surface area contributed by atoms with E-state index in [0.29, 0.717) is 11.3 Å². The molecule has 1 amide bonds. The van der Waals surface area contributed by atoms with Crippen molar-refractivity contribution in [3.8, 4) is 5.75 Å². The highest BCUT2D eigenvalue weighted by molar-refractivity contribution is 7.88. The molecule has 0 aliphatic heterocycles. The van der Waals surface area contributed by atoms with Crippen LogP contribution in [0.3, 0.4) is 0 Å². The number of hydrogen-bond acceptors (Lipinski definition) is 6. The second kappa shape index (κ2) is 8.85. The number of nitrogens with one attached hydrogen (secondary N) is 1. The summed E-state index contributed by atoms with van der Waals surface area (Å²) < 4.78 is 35.0. The summed E-state index contributed by atoms with van der Waals surface area (Å²) in [5.74, 6) is -0.861. The van der Waals surface area contributed by atoms with Crippen LogP contribution in [0.15, 0.2) is 48.5 Å². The van der Waals surface area contributed by atoms with Crippen molar-refractivity contribution in [2.75, 3.05) is 32.8 Å². The summed E-state index contributed by atoms with van der Waals surface area (Å²) in [6.07, 6.45) is 1.02. The van der Waals surface area contributed by atoms with Crippen molar-refractivity contribution in [1.82, 2.24) is 4.31 Å². The van der Waals surface area contributed by atoms with Gasteiger partial charge in [0.15, 0.2) is 0 Å². The van der Waals surface area contributed by atoms with E-state index in [-0.39, 0.29) is 11.3 Å². The lowest BCUT2D eigenvalue weighted by atomic mass is 10.1. The van der Waals surface area contributed by atoms with Crippen LogP contribution in [0.25, 0.3) is 0 Å². The number of likely N-dealkylation sites (N-methyl/N-ethyl adjacent to an activating group) is 1. The van der Waals surface area contributed by atoms with Crippen LogP contribution in [0.2, 0.25) is 0 Å². The lowest BCUT2D eigenvalue weighted by Crippen LogP contribution is -2.38. The van der Waals surface area contributed by atoms with Gasteiger partial charge in [-0.15, -0.1) is 0 Å². The maximum atomic E-state index is 13.0. The molecule has 0 bridgehead atoms. The van der Waals surface area contributed by atoms with E-state index in [4.69, 9.17) is 4.74 Å². The van der Waals surface area contributed by atoms with Crippen molar-refractivity contribution in [1.29, 1.82) is 0 Å². The third-order valence-electron chi connectivity index (χ3n) is 4.13. The van der Waals surface area contributed by atoms with Gasteiger partial charge in [0.05, 0.1) is 31.7 Å². The van der Waals surface area contributed by atoms with Gasteiger partial charge in [-0.2, -0.15) is 4.31 Å². The molecule has 1 atom stereocenters. The minimum atomic E-state index is -3.66. The van der Waals surface area contributed by atoms with Gasteiger partial charge in [-0.1, -0.05) is 30.3 Å². The van der Waals surface area contributed by atoms with Crippen LogP contribution in [0, 0.1) is 0 Å². The monoisotopic (exact) mass is 406 g/mol. The molecule has 0 aromatic heterocycles. The van der Waals surface area contributed by atoms with Gasteiger partial charge in [0.1, 0.15) is 11.8 Å². The molecule has 2 aromatic carbocycles. The molecule has 0 saturated heterocycles. The first kappa shape index (κ1) is 21.4. The normalized spacial score (nSPS) is 12.3. The van der Waals surface area contributed by atoms with E-state index < -0.39 is 27.9 Å². The molecular weight excluding hydrogens is 384 g/mol. The largest absolute Gasteiger partial charge is 0.495 e. The van der Waals surface area contributed by atoms with Crippen molar-refractivity contribution < 1.29 is 27.5 Å². The van der Waals surface area contributed by atoms with E-state index in [1.54, 1.807) is 30.3 Å². The predicted octanol–water partition coefficient (Wildman–Crippen LogP) is 2.05. The summed E-state index contributed by atoms with van der Waals surface area (Å²) in [6.45, 7) is 0. The Labute approximate surface area is 164 Å². The Morgan fingerprint density at radius 3 is 2.25 bits per heavy atom. The molecule has 2 rings (SSSR count). The van der Waals surface area contributed by atoms with E-state index in [2.05, 4.69) is 10.1 Å². The second-order valence-corrected chi connectivity index (χ2v) is 8.03. The zero-order valence-electron chi connectivity index (χ0n) is 16.0. The minimum Gasteiger partial charge on any atom is -0.495 e. The van der Waals surface area contributed by atoms with Gasteiger partial charge in [0, 0.05) is 7.05 Å². The molecular formula is C19H22N2O6S. The zero-order chi connectivity index (χ0) is 20.9. The van der Waals surface area contributed by atoms with Crippen LogP contribution in [-0.2, 0) is 19.6 Å². The van der Waals surface area contributed by atoms with E-state index in [0.717, 1.165) is 10.6 Å². The standard InChI is InChI=1S/C19H22N2O6S/c1-21(28(4,24)25)17(13-8-6-5-7-9-13)18(22)20-15-12-14(19(23)27-3)10-11-16(15)26-2/h5-12,17H,1-4H3,(H,20,22). The molecule has 0 aliphatic carbocycles. The molecule has 0 radical (unpaired) electrons. The molecule has 0 spiro atoms. The van der Waals surface area contributed by atoms with E-state index >= 15 is 0 Å². The SMILES string of the molecule is COC(=O)c1ccc(OC)c(NC(=O)C(c2ccccc2)N(C)S(C)(=O)=O)c1. The van der Waals surface area contributed by atoms with Crippen LogP contribution in [0.5, 0.6) is 5.75 Å². The number of nitrogens with zero attached hydrogens (tertiary/aromatic N) is 1. The van der Waals surface area contributed by atoms with Crippen LogP contribution < -0.4 is 10.1 Å². The number of anilines is 1. The van der Waals surface area contributed by atoms with Gasteiger partial charge in [-0.25, -0.2) is 13.2 Å². The third kappa shape index (κ3) is 4.87. The van der Waals surface area contributed by atoms with Gasteiger partial charge < -0.3 is 14.8 Å². The Bertz CT molecular complexity index is 960. The summed E-state index contributed by atoms with van der Waals surface area (Å²) in [5, 5.41) is 2.65. The molecule has 2 aromatic rings. The summed E-state index contributed by atoms with van der Waals surface area (Å²) in [7, 11) is 0.331. The fourth-order valence-corrected chi connectivity index (χ4v) is 3.21. The number of hydrogen-bond donors (Lipinski definition) is 1. The summed E-state index contributed by atoms with van der Waals surface area (Å²) in [6, 6.07) is 11.8. The average Bonchev–Trinajstić information content (AvgIpc) is 2.67. The first-order valence-corrected chi connectivity index (χ1v) is 10.1. The second-order valence-electron chi connectivity index (χ2n) is 5.99. The van der Waals surface area contributed by atoms with E-state index in [9.17, 15) is 18.0 Å². The number of carbonyl (C=O) groups excluding carboxylic acids is 2. The Hall–Kier alpha value is -2.91. The smallest absolute Gasteiger partial charge is 0.337 e. The summed E-state index contributed by atoms with van der Waals surface area (Å²) in [4.78, 5) is 24.8. The summed E-state index contributed by atoms with van der Waals surface area (Å²) in [5.41, 5.74) is 0.931. The van der Waals surface area contributed by atoms with Gasteiger partial charge in [0.2, 0.25) is 15.9 Å². The Balaban J connectivity index is 2.45. The number of methoxy groups -OCH3 is 2. The van der Waals surface area contributed by atoms with Crippen LogP contribution in [0.1, 0.15) is 22.0 Å². The molecule has 0 heterocycles. The number of benzene rings is 2. The van der Waals surface area contributed by atoms with E-state index in [1.807, 2.05) is 0 Å². The quantitative estimate of drug-likeness (QED) is 0.706. The maximum absolute atomic E-state index is 13.0. The first-order chi connectivity index (χ1) is 13.2. The third-order valence-corrected chi connectivity index (χ3v) is 5.39. The van der Waals surface area contributed by atoms with Gasteiger partial charge >= 0.3 is 5.97 Å². The number of rotatable bonds is 7. The van der Waals surface area contributed by atoms with Crippen LogP contribution in [0.4, 0.5) is 5.69 Å². The number of esters is 1.